The number of halogens is 1. The minimum atomic E-state index is -0.0130. The molecule has 1 amide bonds. The molecule has 0 aliphatic carbocycles. The highest BCUT2D eigenvalue weighted by Gasteiger charge is 2.26. The lowest BCUT2D eigenvalue weighted by atomic mass is 10.1. The van der Waals surface area contributed by atoms with Gasteiger partial charge in [0.25, 0.3) is 5.91 Å². The number of amides is 1. The Labute approximate surface area is 119 Å². The van der Waals surface area contributed by atoms with Crippen LogP contribution in [0.3, 0.4) is 0 Å². The molecule has 1 aliphatic heterocycles. The quantitative estimate of drug-likeness (QED) is 0.845. The van der Waals surface area contributed by atoms with Crippen molar-refractivity contribution < 1.29 is 9.90 Å². The second kappa shape index (κ2) is 6.29. The first-order valence-electron chi connectivity index (χ1n) is 6.80. The van der Waals surface area contributed by atoms with Gasteiger partial charge in [-0.15, -0.1) is 11.6 Å². The van der Waals surface area contributed by atoms with E-state index in [0.717, 1.165) is 32.2 Å². The molecule has 0 saturated carbocycles. The monoisotopic (exact) mass is 281 g/mol. The van der Waals surface area contributed by atoms with Gasteiger partial charge in [-0.2, -0.15) is 0 Å². The van der Waals surface area contributed by atoms with Crippen LogP contribution in [0.15, 0.2) is 18.2 Å². The lowest BCUT2D eigenvalue weighted by molar-refractivity contribution is 0.0699. The SMILES string of the molecule is Cc1c(O)cccc1C(=O)N1CCCCCC1CCl. The summed E-state index contributed by atoms with van der Waals surface area (Å²) in [5.74, 6) is 0.632. The van der Waals surface area contributed by atoms with Gasteiger partial charge in [-0.05, 0) is 31.9 Å². The molecule has 19 heavy (non-hydrogen) atoms. The average Bonchev–Trinajstić information content (AvgIpc) is 2.66. The van der Waals surface area contributed by atoms with E-state index in [4.69, 9.17) is 11.6 Å². The Bertz CT molecular complexity index is 461. The third-order valence-corrected chi connectivity index (χ3v) is 4.21. The molecule has 1 atom stereocenters. The molecule has 0 bridgehead atoms. The molecule has 3 nitrogen and oxygen atoms in total. The maximum Gasteiger partial charge on any atom is 0.254 e. The van der Waals surface area contributed by atoms with Gasteiger partial charge in [-0.25, -0.2) is 0 Å². The van der Waals surface area contributed by atoms with E-state index in [9.17, 15) is 9.90 Å². The second-order valence-corrected chi connectivity index (χ2v) is 5.41. The normalized spacial score (nSPS) is 20.1. The molecular formula is C15H20ClNO2. The van der Waals surface area contributed by atoms with Gasteiger partial charge in [0.05, 0.1) is 0 Å². The highest BCUT2D eigenvalue weighted by molar-refractivity contribution is 6.18. The molecule has 1 N–H and O–H groups in total. The van der Waals surface area contributed by atoms with Crippen molar-refractivity contribution in [2.24, 2.45) is 0 Å². The zero-order chi connectivity index (χ0) is 13.8. The number of nitrogens with zero attached hydrogens (tertiary/aromatic N) is 1. The first-order chi connectivity index (χ1) is 9.15. The number of hydrogen-bond donors (Lipinski definition) is 1. The summed E-state index contributed by atoms with van der Waals surface area (Å²) in [6, 6.07) is 5.20. The summed E-state index contributed by atoms with van der Waals surface area (Å²) in [7, 11) is 0. The van der Waals surface area contributed by atoms with Crippen LogP contribution in [0, 0.1) is 6.92 Å². The second-order valence-electron chi connectivity index (χ2n) is 5.11. The predicted molar refractivity (Wildman–Crippen MR) is 76.9 cm³/mol. The lowest BCUT2D eigenvalue weighted by Crippen LogP contribution is -2.41. The first-order valence-corrected chi connectivity index (χ1v) is 7.34. The molecule has 0 spiro atoms. The van der Waals surface area contributed by atoms with Gasteiger partial charge in [0.1, 0.15) is 5.75 Å². The Morgan fingerprint density at radius 2 is 2.21 bits per heavy atom. The minimum Gasteiger partial charge on any atom is -0.508 e. The smallest absolute Gasteiger partial charge is 0.254 e. The molecule has 1 saturated heterocycles. The van der Waals surface area contributed by atoms with Gasteiger partial charge in [0.2, 0.25) is 0 Å². The number of carbonyl (C=O) groups is 1. The van der Waals surface area contributed by atoms with Crippen LogP contribution in [0.4, 0.5) is 0 Å². The van der Waals surface area contributed by atoms with Crippen LogP contribution in [0.2, 0.25) is 0 Å². The predicted octanol–water partition coefficient (Wildman–Crippen LogP) is 3.32. The van der Waals surface area contributed by atoms with E-state index < -0.39 is 0 Å². The fraction of sp³-hybridized carbons (Fsp3) is 0.533. The van der Waals surface area contributed by atoms with Crippen LogP contribution >= 0.6 is 11.6 Å². The molecule has 104 valence electrons. The average molecular weight is 282 g/mol. The third-order valence-electron chi connectivity index (χ3n) is 3.85. The van der Waals surface area contributed by atoms with Gasteiger partial charge in [-0.1, -0.05) is 18.9 Å². The van der Waals surface area contributed by atoms with Crippen LogP contribution in [0.5, 0.6) is 5.75 Å². The fourth-order valence-electron chi connectivity index (χ4n) is 2.61. The van der Waals surface area contributed by atoms with Crippen LogP contribution in [0.1, 0.15) is 41.6 Å². The summed E-state index contributed by atoms with van der Waals surface area (Å²) in [6.07, 6.45) is 4.26. The molecule has 1 aromatic carbocycles. The molecule has 1 heterocycles. The largest absolute Gasteiger partial charge is 0.508 e. The van der Waals surface area contributed by atoms with E-state index in [1.807, 2.05) is 4.90 Å². The van der Waals surface area contributed by atoms with Crippen molar-refractivity contribution in [3.05, 3.63) is 29.3 Å². The molecule has 1 fully saturated rings. The van der Waals surface area contributed by atoms with Crippen molar-refractivity contribution in [3.63, 3.8) is 0 Å². The third kappa shape index (κ3) is 3.03. The topological polar surface area (TPSA) is 40.5 Å². The highest BCUT2D eigenvalue weighted by Crippen LogP contribution is 2.25. The summed E-state index contributed by atoms with van der Waals surface area (Å²) >= 11 is 6.01. The molecule has 0 aromatic heterocycles. The molecular weight excluding hydrogens is 262 g/mol. The first kappa shape index (κ1) is 14.2. The number of benzene rings is 1. The van der Waals surface area contributed by atoms with E-state index in [-0.39, 0.29) is 17.7 Å². The molecule has 1 unspecified atom stereocenters. The Kier molecular flexibility index (Phi) is 4.70. The summed E-state index contributed by atoms with van der Waals surface area (Å²) in [4.78, 5) is 14.5. The van der Waals surface area contributed by atoms with Gasteiger partial charge >= 0.3 is 0 Å². The van der Waals surface area contributed by atoms with Crippen LogP contribution in [0.25, 0.3) is 0 Å². The Morgan fingerprint density at radius 3 is 2.95 bits per heavy atom. The summed E-state index contributed by atoms with van der Waals surface area (Å²) in [5.41, 5.74) is 1.22. The summed E-state index contributed by atoms with van der Waals surface area (Å²) in [5, 5.41) is 9.73. The van der Waals surface area contributed by atoms with Crippen LogP contribution < -0.4 is 0 Å². The Morgan fingerprint density at radius 1 is 1.42 bits per heavy atom. The van der Waals surface area contributed by atoms with Gasteiger partial charge < -0.3 is 10.0 Å². The molecule has 0 radical (unpaired) electrons. The molecule has 2 rings (SSSR count). The van der Waals surface area contributed by atoms with E-state index in [0.29, 0.717) is 17.0 Å². The molecule has 1 aromatic rings. The molecule has 4 heteroatoms. The van der Waals surface area contributed by atoms with Crippen molar-refractivity contribution >= 4 is 17.5 Å². The number of rotatable bonds is 2. The van der Waals surface area contributed by atoms with Gasteiger partial charge in [0.15, 0.2) is 0 Å². The van der Waals surface area contributed by atoms with Gasteiger partial charge in [-0.3, -0.25) is 4.79 Å². The number of phenols is 1. The lowest BCUT2D eigenvalue weighted by Gasteiger charge is -2.29. The van der Waals surface area contributed by atoms with E-state index in [1.54, 1.807) is 25.1 Å². The number of carbonyl (C=O) groups excluding carboxylic acids is 1. The van der Waals surface area contributed by atoms with Crippen molar-refractivity contribution in [1.29, 1.82) is 0 Å². The van der Waals surface area contributed by atoms with Crippen molar-refractivity contribution in [1.82, 2.24) is 4.90 Å². The molecule has 1 aliphatic rings. The van der Waals surface area contributed by atoms with Crippen LogP contribution in [-0.2, 0) is 0 Å². The summed E-state index contributed by atoms with van der Waals surface area (Å²) < 4.78 is 0. The zero-order valence-corrected chi connectivity index (χ0v) is 12.0. The summed E-state index contributed by atoms with van der Waals surface area (Å²) in [6.45, 7) is 2.53. The zero-order valence-electron chi connectivity index (χ0n) is 11.2. The number of likely N-dealkylation sites (tertiary alicyclic amines) is 1. The highest BCUT2D eigenvalue weighted by atomic mass is 35.5. The van der Waals surface area contributed by atoms with Crippen molar-refractivity contribution in [3.8, 4) is 5.75 Å². The van der Waals surface area contributed by atoms with E-state index in [1.165, 1.54) is 0 Å². The minimum absolute atomic E-state index is 0.0130. The van der Waals surface area contributed by atoms with Crippen LogP contribution in [-0.4, -0.2) is 34.4 Å². The number of aromatic hydroxyl groups is 1. The van der Waals surface area contributed by atoms with Crippen molar-refractivity contribution in [2.45, 2.75) is 38.6 Å². The number of phenolic OH excluding ortho intramolecular Hbond substituents is 1. The van der Waals surface area contributed by atoms with Crippen molar-refractivity contribution in [2.75, 3.05) is 12.4 Å². The standard InChI is InChI=1S/C15H20ClNO2/c1-11-13(7-5-8-14(11)18)15(19)17-9-4-2-3-6-12(17)10-16/h5,7-8,12,18H,2-4,6,9-10H2,1H3. The fourth-order valence-corrected chi connectivity index (χ4v) is 2.94. The Balaban J connectivity index is 2.28. The van der Waals surface area contributed by atoms with E-state index >= 15 is 0 Å². The van der Waals surface area contributed by atoms with Gasteiger partial charge in [0, 0.05) is 29.6 Å². The number of alkyl halides is 1. The number of hydrogen-bond acceptors (Lipinski definition) is 2. The van der Waals surface area contributed by atoms with E-state index in [2.05, 4.69) is 0 Å². The maximum absolute atomic E-state index is 12.7. The maximum atomic E-state index is 12.7. The Hall–Kier alpha value is -1.22.